The van der Waals surface area contributed by atoms with Crippen LogP contribution < -0.4 is 0 Å². The van der Waals surface area contributed by atoms with Gasteiger partial charge >= 0.3 is 0 Å². The van der Waals surface area contributed by atoms with Gasteiger partial charge in [0.25, 0.3) is 0 Å². The predicted octanol–water partition coefficient (Wildman–Crippen LogP) is 3.84. The fraction of sp³-hybridized carbons (Fsp3) is 0.778. The quantitative estimate of drug-likeness (QED) is 0.641. The molecule has 66 valence electrons. The first-order chi connectivity index (χ1) is 5.16. The van der Waals surface area contributed by atoms with Gasteiger partial charge in [0.15, 0.2) is 0 Å². The predicted molar refractivity (Wildman–Crippen MR) is 52.8 cm³/mol. The molecule has 0 saturated carbocycles. The number of rotatable bonds is 5. The molecule has 0 N–H and O–H groups in total. The lowest BCUT2D eigenvalue weighted by Crippen LogP contribution is -1.95. The molecule has 0 saturated heterocycles. The summed E-state index contributed by atoms with van der Waals surface area (Å²) in [6.45, 7) is 6.23. The largest absolute Gasteiger partial charge is 0.498 e. The molecule has 2 heteroatoms. The molecule has 0 radical (unpaired) electrons. The number of hydrogen-bond donors (Lipinski definition) is 0. The van der Waals surface area contributed by atoms with Crippen LogP contribution in [0.2, 0.25) is 0 Å². The average Bonchev–Trinajstić information content (AvgIpc) is 1.97. The minimum atomic E-state index is 0.282. The van der Waals surface area contributed by atoms with E-state index in [1.54, 1.807) is 6.26 Å². The third kappa shape index (κ3) is 7.92. The molecule has 0 amide bonds. The fourth-order valence-corrected chi connectivity index (χ4v) is 1.00. The summed E-state index contributed by atoms with van der Waals surface area (Å²) in [6.07, 6.45) is 5.62. The van der Waals surface area contributed by atoms with Crippen LogP contribution in [-0.4, -0.2) is 6.10 Å². The first-order valence-corrected chi connectivity index (χ1v) is 4.96. The minimum Gasteiger partial charge on any atom is -0.498 e. The molecule has 0 heterocycles. The lowest BCUT2D eigenvalue weighted by atomic mass is 10.2. The van der Waals surface area contributed by atoms with Crippen LogP contribution in [0.25, 0.3) is 0 Å². The summed E-state index contributed by atoms with van der Waals surface area (Å²) in [6, 6.07) is 0. The topological polar surface area (TPSA) is 9.23 Å². The van der Waals surface area contributed by atoms with Crippen molar-refractivity contribution in [2.75, 3.05) is 0 Å². The Balaban J connectivity index is 3.46. The van der Waals surface area contributed by atoms with Gasteiger partial charge in [-0.3, -0.25) is 0 Å². The van der Waals surface area contributed by atoms with E-state index in [4.69, 9.17) is 4.74 Å². The Kier molecular flexibility index (Phi) is 6.73. The van der Waals surface area contributed by atoms with Gasteiger partial charge in [-0.05, 0) is 26.7 Å². The molecule has 0 aliphatic rings. The molecule has 0 spiro atoms. The van der Waals surface area contributed by atoms with Gasteiger partial charge in [-0.25, -0.2) is 0 Å². The van der Waals surface area contributed by atoms with Gasteiger partial charge in [0.05, 0.1) is 12.4 Å². The number of unbranched alkanes of at least 4 members (excludes halogenated alkanes) is 1. The Morgan fingerprint density at radius 2 is 2.18 bits per heavy atom. The third-order valence-electron chi connectivity index (χ3n) is 1.24. The molecule has 0 aromatic carbocycles. The van der Waals surface area contributed by atoms with Gasteiger partial charge < -0.3 is 4.74 Å². The highest BCUT2D eigenvalue weighted by molar-refractivity contribution is 9.11. The van der Waals surface area contributed by atoms with Crippen molar-refractivity contribution < 1.29 is 4.74 Å². The van der Waals surface area contributed by atoms with Crippen molar-refractivity contribution in [2.24, 2.45) is 0 Å². The van der Waals surface area contributed by atoms with Crippen molar-refractivity contribution in [2.45, 2.75) is 46.1 Å². The molecule has 0 aliphatic carbocycles. The summed E-state index contributed by atoms with van der Waals surface area (Å²) in [7, 11) is 0. The second-order valence-electron chi connectivity index (χ2n) is 2.85. The molecule has 0 atom stereocenters. The van der Waals surface area contributed by atoms with Gasteiger partial charge in [-0.15, -0.1) is 0 Å². The van der Waals surface area contributed by atoms with Crippen LogP contribution in [0.5, 0.6) is 0 Å². The normalized spacial score (nSPS) is 12.3. The number of ether oxygens (including phenoxy) is 1. The van der Waals surface area contributed by atoms with Gasteiger partial charge in [0.1, 0.15) is 0 Å². The van der Waals surface area contributed by atoms with Crippen molar-refractivity contribution in [3.63, 3.8) is 0 Å². The molecule has 0 rings (SSSR count). The van der Waals surface area contributed by atoms with Gasteiger partial charge in [-0.1, -0.05) is 29.3 Å². The van der Waals surface area contributed by atoms with E-state index >= 15 is 0 Å². The number of allylic oxidation sites excluding steroid dienone is 1. The van der Waals surface area contributed by atoms with E-state index in [9.17, 15) is 0 Å². The Hall–Kier alpha value is 0.0200. The Labute approximate surface area is 78.0 Å². The molecule has 0 aromatic rings. The van der Waals surface area contributed by atoms with E-state index in [-0.39, 0.29) is 6.10 Å². The van der Waals surface area contributed by atoms with Crippen LogP contribution in [-0.2, 0) is 4.74 Å². The van der Waals surface area contributed by atoms with Crippen LogP contribution in [0.3, 0.4) is 0 Å². The maximum Gasteiger partial charge on any atom is 0.0934 e. The number of hydrogen-bond acceptors (Lipinski definition) is 1. The monoisotopic (exact) mass is 220 g/mol. The zero-order valence-corrected chi connectivity index (χ0v) is 9.15. The Morgan fingerprint density at radius 1 is 1.55 bits per heavy atom. The summed E-state index contributed by atoms with van der Waals surface area (Å²) >= 11 is 3.44. The van der Waals surface area contributed by atoms with Crippen LogP contribution >= 0.6 is 15.9 Å². The van der Waals surface area contributed by atoms with Crippen molar-refractivity contribution in [1.82, 2.24) is 0 Å². The molecule has 11 heavy (non-hydrogen) atoms. The SMILES string of the molecule is CCCC/C(Br)=C/OC(C)C. The number of halogens is 1. The summed E-state index contributed by atoms with van der Waals surface area (Å²) in [5.74, 6) is 0. The average molecular weight is 221 g/mol. The summed E-state index contributed by atoms with van der Waals surface area (Å²) in [5.41, 5.74) is 0. The smallest absolute Gasteiger partial charge is 0.0934 e. The first kappa shape index (κ1) is 11.0. The molecular formula is C9H17BrO. The standard InChI is InChI=1S/C9H17BrO/c1-4-5-6-9(10)7-11-8(2)3/h7-8H,4-6H2,1-3H3/b9-7-. The molecule has 0 aromatic heterocycles. The van der Waals surface area contributed by atoms with Crippen LogP contribution in [0.4, 0.5) is 0 Å². The van der Waals surface area contributed by atoms with Gasteiger partial charge in [-0.2, -0.15) is 0 Å². The van der Waals surface area contributed by atoms with Crippen LogP contribution in [0.15, 0.2) is 10.7 Å². The van der Waals surface area contributed by atoms with Crippen LogP contribution in [0, 0.1) is 0 Å². The van der Waals surface area contributed by atoms with E-state index < -0.39 is 0 Å². The lowest BCUT2D eigenvalue weighted by Gasteiger charge is -2.04. The zero-order chi connectivity index (χ0) is 8.69. The highest BCUT2D eigenvalue weighted by atomic mass is 79.9. The highest BCUT2D eigenvalue weighted by Crippen LogP contribution is 2.14. The van der Waals surface area contributed by atoms with E-state index in [2.05, 4.69) is 22.9 Å². The fourth-order valence-electron chi connectivity index (χ4n) is 0.614. The van der Waals surface area contributed by atoms with Crippen molar-refractivity contribution in [1.29, 1.82) is 0 Å². The molecule has 0 bridgehead atoms. The van der Waals surface area contributed by atoms with E-state index in [1.165, 1.54) is 12.8 Å². The van der Waals surface area contributed by atoms with Crippen LogP contribution in [0.1, 0.15) is 40.0 Å². The zero-order valence-electron chi connectivity index (χ0n) is 7.56. The molecule has 1 nitrogen and oxygen atoms in total. The summed E-state index contributed by atoms with van der Waals surface area (Å²) < 4.78 is 6.45. The molecule has 0 aliphatic heterocycles. The third-order valence-corrected chi connectivity index (χ3v) is 1.82. The van der Waals surface area contributed by atoms with E-state index in [0.29, 0.717) is 0 Å². The summed E-state index contributed by atoms with van der Waals surface area (Å²) in [4.78, 5) is 0. The molecular weight excluding hydrogens is 204 g/mol. The Bertz CT molecular complexity index is 119. The Morgan fingerprint density at radius 3 is 2.64 bits per heavy atom. The molecule has 0 fully saturated rings. The van der Waals surface area contributed by atoms with Gasteiger partial charge in [0.2, 0.25) is 0 Å². The van der Waals surface area contributed by atoms with Crippen molar-refractivity contribution >= 4 is 15.9 Å². The van der Waals surface area contributed by atoms with Crippen molar-refractivity contribution in [3.8, 4) is 0 Å². The lowest BCUT2D eigenvalue weighted by molar-refractivity contribution is 0.178. The van der Waals surface area contributed by atoms with E-state index in [1.807, 2.05) is 13.8 Å². The maximum absolute atomic E-state index is 5.29. The highest BCUT2D eigenvalue weighted by Gasteiger charge is 1.92. The summed E-state index contributed by atoms with van der Waals surface area (Å²) in [5, 5.41) is 0. The maximum atomic E-state index is 5.29. The van der Waals surface area contributed by atoms with Gasteiger partial charge in [0, 0.05) is 4.48 Å². The van der Waals surface area contributed by atoms with E-state index in [0.717, 1.165) is 10.9 Å². The first-order valence-electron chi connectivity index (χ1n) is 4.16. The second kappa shape index (κ2) is 6.71. The minimum absolute atomic E-state index is 0.282. The van der Waals surface area contributed by atoms with Crippen molar-refractivity contribution in [3.05, 3.63) is 10.7 Å². The molecule has 0 unspecified atom stereocenters. The second-order valence-corrected chi connectivity index (χ2v) is 3.87.